The highest BCUT2D eigenvalue weighted by molar-refractivity contribution is 4.86. The molecule has 1 atom stereocenters. The average Bonchev–Trinajstić information content (AvgIpc) is 1.62. The van der Waals surface area contributed by atoms with Gasteiger partial charge in [0.15, 0.2) is 0 Å². The van der Waals surface area contributed by atoms with Gasteiger partial charge < -0.3 is 5.73 Å². The van der Waals surface area contributed by atoms with E-state index in [4.69, 9.17) is 11.0 Å². The van der Waals surface area contributed by atoms with Gasteiger partial charge in [-0.2, -0.15) is 5.26 Å². The van der Waals surface area contributed by atoms with Crippen LogP contribution in [-0.2, 0) is 0 Å². The minimum Gasteiger partial charge on any atom is -0.326 e. The monoisotopic (exact) mass is 126 g/mol. The minimum absolute atomic E-state index is 0.0741. The first-order valence-corrected chi connectivity index (χ1v) is 3.14. The van der Waals surface area contributed by atoms with Crippen LogP contribution >= 0.6 is 0 Å². The lowest BCUT2D eigenvalue weighted by atomic mass is 9.94. The third kappa shape index (κ3) is 5.32. The lowest BCUT2D eigenvalue weighted by Crippen LogP contribution is -2.33. The van der Waals surface area contributed by atoms with Gasteiger partial charge in [0, 0.05) is 11.5 Å². The Morgan fingerprint density at radius 2 is 2.11 bits per heavy atom. The summed E-state index contributed by atoms with van der Waals surface area (Å²) in [6.07, 6.45) is 0.767. The molecule has 0 saturated carbocycles. The van der Waals surface area contributed by atoms with E-state index in [1.807, 2.05) is 20.8 Å². The Balaban J connectivity index is 3.63. The van der Waals surface area contributed by atoms with Gasteiger partial charge in [0.2, 0.25) is 0 Å². The number of nitrogens with zero attached hydrogens (tertiary/aromatic N) is 1. The molecule has 0 aliphatic rings. The van der Waals surface area contributed by atoms with E-state index >= 15 is 0 Å². The SMILES string of the molecule is CC(C#N)CC(C)(C)N. The maximum absolute atomic E-state index is 8.39. The van der Waals surface area contributed by atoms with Gasteiger partial charge in [-0.3, -0.25) is 0 Å². The molecule has 0 fully saturated rings. The van der Waals surface area contributed by atoms with Crippen LogP contribution in [-0.4, -0.2) is 5.54 Å². The quantitative estimate of drug-likeness (QED) is 0.605. The molecule has 2 heteroatoms. The summed E-state index contributed by atoms with van der Waals surface area (Å²) in [5.74, 6) is 0.0741. The Morgan fingerprint density at radius 1 is 1.67 bits per heavy atom. The molecule has 0 radical (unpaired) electrons. The van der Waals surface area contributed by atoms with Gasteiger partial charge in [0.05, 0.1) is 6.07 Å². The topological polar surface area (TPSA) is 49.8 Å². The van der Waals surface area contributed by atoms with E-state index in [-0.39, 0.29) is 11.5 Å². The van der Waals surface area contributed by atoms with Gasteiger partial charge >= 0.3 is 0 Å². The molecule has 0 aromatic carbocycles. The van der Waals surface area contributed by atoms with Crippen molar-refractivity contribution in [2.45, 2.75) is 32.7 Å². The van der Waals surface area contributed by atoms with Crippen LogP contribution in [0.4, 0.5) is 0 Å². The number of hydrogen-bond donors (Lipinski definition) is 1. The zero-order valence-electron chi connectivity index (χ0n) is 6.31. The van der Waals surface area contributed by atoms with E-state index in [1.165, 1.54) is 0 Å². The fourth-order valence-corrected chi connectivity index (χ4v) is 0.835. The van der Waals surface area contributed by atoms with Crippen LogP contribution in [0, 0.1) is 17.2 Å². The summed E-state index contributed by atoms with van der Waals surface area (Å²) in [5, 5.41) is 8.39. The molecule has 0 aromatic rings. The van der Waals surface area contributed by atoms with E-state index in [9.17, 15) is 0 Å². The second-order valence-corrected chi connectivity index (χ2v) is 3.22. The fraction of sp³-hybridized carbons (Fsp3) is 0.857. The molecule has 52 valence electrons. The Hall–Kier alpha value is -0.550. The molecule has 0 bridgehead atoms. The average molecular weight is 126 g/mol. The maximum Gasteiger partial charge on any atom is 0.0653 e. The van der Waals surface area contributed by atoms with Crippen molar-refractivity contribution in [3.8, 4) is 6.07 Å². The van der Waals surface area contributed by atoms with Crippen molar-refractivity contribution < 1.29 is 0 Å². The predicted octanol–water partition coefficient (Wildman–Crippen LogP) is 1.27. The maximum atomic E-state index is 8.39. The number of hydrogen-bond acceptors (Lipinski definition) is 2. The normalized spacial score (nSPS) is 14.6. The van der Waals surface area contributed by atoms with Gasteiger partial charge in [-0.25, -0.2) is 0 Å². The molecule has 0 spiro atoms. The van der Waals surface area contributed by atoms with Gasteiger partial charge in [0.25, 0.3) is 0 Å². The summed E-state index contributed by atoms with van der Waals surface area (Å²) in [4.78, 5) is 0. The summed E-state index contributed by atoms with van der Waals surface area (Å²) in [6, 6.07) is 2.14. The molecule has 2 N–H and O–H groups in total. The standard InChI is InChI=1S/C7H14N2/c1-6(5-8)4-7(2,3)9/h6H,4,9H2,1-3H3. The molecule has 0 saturated heterocycles. The van der Waals surface area contributed by atoms with Crippen LogP contribution in [0.5, 0.6) is 0 Å². The van der Waals surface area contributed by atoms with E-state index in [0.29, 0.717) is 0 Å². The molecular weight excluding hydrogens is 112 g/mol. The van der Waals surface area contributed by atoms with Crippen molar-refractivity contribution in [1.82, 2.24) is 0 Å². The van der Waals surface area contributed by atoms with Crippen LogP contribution in [0.3, 0.4) is 0 Å². The molecule has 0 aromatic heterocycles. The zero-order valence-corrected chi connectivity index (χ0v) is 6.31. The summed E-state index contributed by atoms with van der Waals surface area (Å²) < 4.78 is 0. The largest absolute Gasteiger partial charge is 0.326 e. The molecule has 0 rings (SSSR count). The van der Waals surface area contributed by atoms with Gasteiger partial charge in [0.1, 0.15) is 0 Å². The number of nitriles is 1. The van der Waals surface area contributed by atoms with Crippen LogP contribution in [0.25, 0.3) is 0 Å². The highest BCUT2D eigenvalue weighted by Gasteiger charge is 2.14. The lowest BCUT2D eigenvalue weighted by Gasteiger charge is -2.18. The van der Waals surface area contributed by atoms with Gasteiger partial charge in [-0.05, 0) is 27.2 Å². The zero-order chi connectivity index (χ0) is 7.49. The Kier molecular flexibility index (Phi) is 2.66. The van der Waals surface area contributed by atoms with E-state index in [0.717, 1.165) is 6.42 Å². The summed E-state index contributed by atoms with van der Waals surface area (Å²) >= 11 is 0. The lowest BCUT2D eigenvalue weighted by molar-refractivity contribution is 0.427. The van der Waals surface area contributed by atoms with Crippen molar-refractivity contribution in [2.24, 2.45) is 11.7 Å². The second kappa shape index (κ2) is 2.84. The molecule has 9 heavy (non-hydrogen) atoms. The van der Waals surface area contributed by atoms with Crippen LogP contribution in [0.1, 0.15) is 27.2 Å². The fourth-order valence-electron chi connectivity index (χ4n) is 0.835. The Labute approximate surface area is 56.7 Å². The minimum atomic E-state index is -0.199. The van der Waals surface area contributed by atoms with E-state index in [1.54, 1.807) is 0 Å². The Bertz CT molecular complexity index is 116. The van der Waals surface area contributed by atoms with Crippen molar-refractivity contribution in [1.29, 1.82) is 5.26 Å². The summed E-state index contributed by atoms with van der Waals surface area (Å²) in [5.41, 5.74) is 5.46. The van der Waals surface area contributed by atoms with Gasteiger partial charge in [-0.15, -0.1) is 0 Å². The van der Waals surface area contributed by atoms with Crippen LogP contribution in [0.2, 0.25) is 0 Å². The second-order valence-electron chi connectivity index (χ2n) is 3.22. The highest BCUT2D eigenvalue weighted by atomic mass is 14.7. The smallest absolute Gasteiger partial charge is 0.0653 e. The van der Waals surface area contributed by atoms with E-state index < -0.39 is 0 Å². The summed E-state index contributed by atoms with van der Waals surface area (Å²) in [6.45, 7) is 5.75. The van der Waals surface area contributed by atoms with Crippen molar-refractivity contribution in [2.75, 3.05) is 0 Å². The van der Waals surface area contributed by atoms with Crippen molar-refractivity contribution >= 4 is 0 Å². The molecule has 0 amide bonds. The third-order valence-electron chi connectivity index (χ3n) is 1.05. The third-order valence-corrected chi connectivity index (χ3v) is 1.05. The van der Waals surface area contributed by atoms with Gasteiger partial charge in [-0.1, -0.05) is 0 Å². The molecule has 0 heterocycles. The Morgan fingerprint density at radius 3 is 2.22 bits per heavy atom. The molecule has 0 aliphatic carbocycles. The first kappa shape index (κ1) is 8.45. The molecule has 1 unspecified atom stereocenters. The number of nitrogens with two attached hydrogens (primary N) is 1. The highest BCUT2D eigenvalue weighted by Crippen LogP contribution is 2.11. The summed E-state index contributed by atoms with van der Waals surface area (Å²) in [7, 11) is 0. The molecular formula is C7H14N2. The first-order valence-electron chi connectivity index (χ1n) is 3.14. The predicted molar refractivity (Wildman–Crippen MR) is 37.7 cm³/mol. The van der Waals surface area contributed by atoms with Crippen molar-refractivity contribution in [3.05, 3.63) is 0 Å². The van der Waals surface area contributed by atoms with Crippen LogP contribution < -0.4 is 5.73 Å². The van der Waals surface area contributed by atoms with Crippen LogP contribution in [0.15, 0.2) is 0 Å². The molecule has 2 nitrogen and oxygen atoms in total. The van der Waals surface area contributed by atoms with E-state index in [2.05, 4.69) is 6.07 Å². The van der Waals surface area contributed by atoms with Crippen molar-refractivity contribution in [3.63, 3.8) is 0 Å². The number of rotatable bonds is 2. The first-order chi connectivity index (χ1) is 3.95. The molecule has 0 aliphatic heterocycles.